The van der Waals surface area contributed by atoms with Crippen molar-refractivity contribution in [2.24, 2.45) is 16.6 Å². The summed E-state index contributed by atoms with van der Waals surface area (Å²) in [7, 11) is 1.67. The molecule has 0 aromatic carbocycles. The summed E-state index contributed by atoms with van der Waals surface area (Å²) in [5.41, 5.74) is 6.67. The largest absolute Gasteiger partial charge is 0.497 e. The van der Waals surface area contributed by atoms with Gasteiger partial charge in [0, 0.05) is 30.7 Å². The molecule has 0 amide bonds. The summed E-state index contributed by atoms with van der Waals surface area (Å²) < 4.78 is 17.6. The lowest BCUT2D eigenvalue weighted by atomic mass is 10.1. The zero-order valence-corrected chi connectivity index (χ0v) is 21.0. The van der Waals surface area contributed by atoms with Crippen LogP contribution >= 0.6 is 15.9 Å². The van der Waals surface area contributed by atoms with Crippen molar-refractivity contribution in [1.82, 2.24) is 15.5 Å². The number of nitrogens with two attached hydrogens (primary N) is 1. The van der Waals surface area contributed by atoms with E-state index in [2.05, 4.69) is 44.6 Å². The molecule has 2 heterocycles. The molecule has 0 aromatic rings. The predicted octanol–water partition coefficient (Wildman–Crippen LogP) is 1.94. The number of nitrogens with zero attached hydrogens (tertiary/aromatic N) is 2. The van der Waals surface area contributed by atoms with E-state index in [1.165, 1.54) is 6.34 Å². The van der Waals surface area contributed by atoms with E-state index in [4.69, 9.17) is 19.9 Å². The van der Waals surface area contributed by atoms with Gasteiger partial charge in [0.15, 0.2) is 5.82 Å². The number of hydrogen-bond acceptors (Lipinski definition) is 8. The van der Waals surface area contributed by atoms with Gasteiger partial charge in [-0.3, -0.25) is 10.2 Å². The fraction of sp³-hybridized carbons (Fsp3) is 0.773. The highest BCUT2D eigenvalue weighted by Gasteiger charge is 2.45. The molecular weight excluding hydrogens is 478 g/mol. The van der Waals surface area contributed by atoms with Crippen LogP contribution in [0.25, 0.3) is 0 Å². The number of halogens is 1. The van der Waals surface area contributed by atoms with Crippen LogP contribution in [0.2, 0.25) is 0 Å². The molecule has 0 aromatic heterocycles. The summed E-state index contributed by atoms with van der Waals surface area (Å²) in [6.45, 7) is 7.44. The molecule has 2 aliphatic heterocycles. The predicted molar refractivity (Wildman–Crippen MR) is 128 cm³/mol. The maximum atomic E-state index is 10.1. The van der Waals surface area contributed by atoms with Gasteiger partial charge in [0.2, 0.25) is 6.41 Å². The van der Waals surface area contributed by atoms with Crippen LogP contribution in [0.3, 0.4) is 0 Å². The van der Waals surface area contributed by atoms with Crippen LogP contribution in [-0.2, 0) is 14.2 Å². The minimum atomic E-state index is -0.846. The molecule has 5 N–H and O–H groups in total. The SMILES string of the molecule is CO/C(=C(/N=CN)NC1=CCC(Br)NC1C)C1CC1OC1CCN(C(O)OC(C)C)CC1. The third-order valence-corrected chi connectivity index (χ3v) is 6.62. The van der Waals surface area contributed by atoms with E-state index in [0.717, 1.165) is 50.2 Å². The van der Waals surface area contributed by atoms with E-state index in [1.54, 1.807) is 7.11 Å². The Kier molecular flexibility index (Phi) is 9.39. The first-order valence-corrected chi connectivity index (χ1v) is 12.4. The third-order valence-electron chi connectivity index (χ3n) is 5.98. The molecule has 5 unspecified atom stereocenters. The summed E-state index contributed by atoms with van der Waals surface area (Å²) in [6.07, 6.45) is 6.36. The number of hydrogen-bond donors (Lipinski definition) is 4. The second kappa shape index (κ2) is 11.8. The van der Waals surface area contributed by atoms with Crippen LogP contribution in [0, 0.1) is 5.92 Å². The Bertz CT molecular complexity index is 708. The summed E-state index contributed by atoms with van der Waals surface area (Å²) in [5, 5.41) is 17.0. The van der Waals surface area contributed by atoms with Gasteiger partial charge >= 0.3 is 0 Å². The van der Waals surface area contributed by atoms with Gasteiger partial charge in [0.1, 0.15) is 5.76 Å². The van der Waals surface area contributed by atoms with Crippen molar-refractivity contribution < 1.29 is 19.3 Å². The molecule has 0 radical (unpaired) electrons. The van der Waals surface area contributed by atoms with E-state index in [1.807, 2.05) is 18.7 Å². The first-order valence-electron chi connectivity index (χ1n) is 11.4. The van der Waals surface area contributed by atoms with Gasteiger partial charge in [-0.05, 0) is 46.5 Å². The van der Waals surface area contributed by atoms with Gasteiger partial charge in [0.05, 0.1) is 36.7 Å². The Hall–Kier alpha value is -1.17. The van der Waals surface area contributed by atoms with Gasteiger partial charge in [-0.15, -0.1) is 0 Å². The molecule has 1 aliphatic carbocycles. The molecule has 0 bridgehead atoms. The van der Waals surface area contributed by atoms with Crippen molar-refractivity contribution in [3.63, 3.8) is 0 Å². The van der Waals surface area contributed by atoms with E-state index in [0.29, 0.717) is 5.82 Å². The number of aliphatic hydroxyl groups is 1. The topological polar surface area (TPSA) is 114 Å². The second-order valence-electron chi connectivity index (χ2n) is 8.83. The Labute approximate surface area is 199 Å². The molecule has 3 aliphatic rings. The Morgan fingerprint density at radius 3 is 2.72 bits per heavy atom. The smallest absolute Gasteiger partial charge is 0.216 e. The standard InChI is InChI=1S/C22H38BrN5O4/c1-13(2)31-22(29)28-9-7-15(8-10-28)32-18-11-16(18)20(30-4)21(25-12-24)27-17-5-6-19(23)26-14(17)3/h5,12-16,18-19,22,26-27,29H,6-11H2,1-4H3,(H2,24,25)/b21-20-. The van der Waals surface area contributed by atoms with Crippen molar-refractivity contribution in [2.75, 3.05) is 20.2 Å². The molecule has 0 spiro atoms. The first-order chi connectivity index (χ1) is 15.3. The lowest BCUT2D eigenvalue weighted by Crippen LogP contribution is -2.45. The van der Waals surface area contributed by atoms with Gasteiger partial charge in [-0.25, -0.2) is 4.99 Å². The van der Waals surface area contributed by atoms with E-state index >= 15 is 0 Å². The maximum absolute atomic E-state index is 10.1. The molecule has 182 valence electrons. The van der Waals surface area contributed by atoms with Crippen LogP contribution in [-0.4, -0.2) is 72.3 Å². The highest BCUT2D eigenvalue weighted by Crippen LogP contribution is 2.43. The normalized spacial score (nSPS) is 31.4. The quantitative estimate of drug-likeness (QED) is 0.0871. The minimum absolute atomic E-state index is 0.00604. The van der Waals surface area contributed by atoms with E-state index in [9.17, 15) is 5.11 Å². The number of likely N-dealkylation sites (tertiary alicyclic amines) is 1. The van der Waals surface area contributed by atoms with Crippen LogP contribution < -0.4 is 16.4 Å². The number of rotatable bonds is 10. The van der Waals surface area contributed by atoms with Gasteiger partial charge in [0.25, 0.3) is 0 Å². The average molecular weight is 516 g/mol. The lowest BCUT2D eigenvalue weighted by Gasteiger charge is -2.35. The zero-order chi connectivity index (χ0) is 23.3. The van der Waals surface area contributed by atoms with Gasteiger partial charge in [-0.1, -0.05) is 22.0 Å². The number of methoxy groups -OCH3 is 1. The number of aliphatic hydroxyl groups excluding tert-OH is 1. The van der Waals surface area contributed by atoms with Crippen molar-refractivity contribution in [3.05, 3.63) is 23.4 Å². The number of aliphatic imine (C=N–C) groups is 1. The number of ether oxygens (including phenoxy) is 3. The molecule has 9 nitrogen and oxygen atoms in total. The molecular formula is C22H38BrN5O4. The zero-order valence-electron chi connectivity index (χ0n) is 19.5. The summed E-state index contributed by atoms with van der Waals surface area (Å²) in [5.74, 6) is 1.54. The van der Waals surface area contributed by atoms with Crippen molar-refractivity contribution in [3.8, 4) is 0 Å². The van der Waals surface area contributed by atoms with Gasteiger partial charge < -0.3 is 30.4 Å². The van der Waals surface area contributed by atoms with Crippen molar-refractivity contribution in [2.45, 2.75) is 82.2 Å². The molecule has 10 heteroatoms. The molecule has 2 fully saturated rings. The molecule has 3 rings (SSSR count). The number of piperidine rings is 1. The molecule has 1 saturated carbocycles. The minimum Gasteiger partial charge on any atom is -0.497 e. The summed E-state index contributed by atoms with van der Waals surface area (Å²) in [4.78, 5) is 6.57. The van der Waals surface area contributed by atoms with Crippen LogP contribution in [0.1, 0.15) is 46.5 Å². The Morgan fingerprint density at radius 2 is 2.12 bits per heavy atom. The number of alkyl halides is 1. The van der Waals surface area contributed by atoms with Crippen molar-refractivity contribution >= 4 is 22.3 Å². The van der Waals surface area contributed by atoms with Crippen molar-refractivity contribution in [1.29, 1.82) is 0 Å². The van der Waals surface area contributed by atoms with Gasteiger partial charge in [-0.2, -0.15) is 0 Å². The summed E-state index contributed by atoms with van der Waals surface area (Å²) in [6, 6.07) is 0.153. The molecule has 1 saturated heterocycles. The average Bonchev–Trinajstić information content (AvgIpc) is 3.49. The highest BCUT2D eigenvalue weighted by molar-refractivity contribution is 9.09. The lowest BCUT2D eigenvalue weighted by molar-refractivity contribution is -0.219. The maximum Gasteiger partial charge on any atom is 0.216 e. The fourth-order valence-corrected chi connectivity index (χ4v) is 4.78. The molecule has 5 atom stereocenters. The van der Waals surface area contributed by atoms with Crippen LogP contribution in [0.4, 0.5) is 0 Å². The fourth-order valence-electron chi connectivity index (χ4n) is 4.20. The second-order valence-corrected chi connectivity index (χ2v) is 9.94. The van der Waals surface area contributed by atoms with E-state index < -0.39 is 6.41 Å². The Morgan fingerprint density at radius 1 is 1.41 bits per heavy atom. The van der Waals surface area contributed by atoms with E-state index in [-0.39, 0.29) is 35.2 Å². The van der Waals surface area contributed by atoms with Crippen LogP contribution in [0.5, 0.6) is 0 Å². The Balaban J connectivity index is 1.56. The summed E-state index contributed by atoms with van der Waals surface area (Å²) >= 11 is 3.60. The number of nitrogens with one attached hydrogen (secondary N) is 2. The molecule has 32 heavy (non-hydrogen) atoms. The first kappa shape index (κ1) is 25.5. The monoisotopic (exact) mass is 515 g/mol. The third kappa shape index (κ3) is 6.91. The van der Waals surface area contributed by atoms with Crippen LogP contribution in [0.15, 0.2) is 28.3 Å². The highest BCUT2D eigenvalue weighted by atomic mass is 79.9.